The van der Waals surface area contributed by atoms with Crippen molar-refractivity contribution in [2.75, 3.05) is 5.32 Å². The lowest BCUT2D eigenvalue weighted by atomic mass is 10.0. The average molecular weight is 404 g/mol. The summed E-state index contributed by atoms with van der Waals surface area (Å²) in [4.78, 5) is 12.6. The van der Waals surface area contributed by atoms with Crippen LogP contribution in [0, 0.1) is 0 Å². The number of nitrogens with one attached hydrogen (secondary N) is 1. The van der Waals surface area contributed by atoms with Crippen LogP contribution in [-0.2, 0) is 0 Å². The summed E-state index contributed by atoms with van der Waals surface area (Å²) < 4.78 is 10.6. The van der Waals surface area contributed by atoms with Crippen molar-refractivity contribution in [3.63, 3.8) is 0 Å². The Bertz CT molecular complexity index is 1130. The summed E-state index contributed by atoms with van der Waals surface area (Å²) in [6, 6.07) is 19.5. The van der Waals surface area contributed by atoms with Crippen LogP contribution in [0.1, 0.15) is 10.4 Å². The van der Waals surface area contributed by atoms with E-state index in [9.17, 15) is 4.79 Å². The predicted octanol–water partition coefficient (Wildman–Crippen LogP) is 4.79. The molecule has 29 heavy (non-hydrogen) atoms. The Morgan fingerprint density at radius 1 is 0.931 bits per heavy atom. The third-order valence-corrected chi connectivity index (χ3v) is 6.65. The number of amides is 1. The van der Waals surface area contributed by atoms with Gasteiger partial charge in [-0.15, -0.1) is 5.10 Å². The lowest BCUT2D eigenvalue weighted by Crippen LogP contribution is -2.37. The number of benzene rings is 2. The Morgan fingerprint density at radius 3 is 2.41 bits per heavy atom. The molecule has 7 heteroatoms. The van der Waals surface area contributed by atoms with Crippen LogP contribution in [0.2, 0.25) is 19.6 Å². The summed E-state index contributed by atoms with van der Waals surface area (Å²) in [5.74, 6) is 0.337. The Hall–Kier alpha value is -3.45. The minimum absolute atomic E-state index is 0.0197. The smallest absolute Gasteiger partial charge is 0.322 e. The number of furan rings is 1. The first-order chi connectivity index (χ1) is 13.9. The second-order valence-electron chi connectivity index (χ2n) is 7.75. The first kappa shape index (κ1) is 18.9. The summed E-state index contributed by atoms with van der Waals surface area (Å²) in [6.07, 6.45) is 1.51. The summed E-state index contributed by atoms with van der Waals surface area (Å²) in [5, 5.41) is 11.8. The first-order valence-corrected chi connectivity index (χ1v) is 12.8. The van der Waals surface area contributed by atoms with Gasteiger partial charge >= 0.3 is 6.01 Å². The summed E-state index contributed by atoms with van der Waals surface area (Å²) >= 11 is 0. The van der Waals surface area contributed by atoms with E-state index in [1.807, 2.05) is 18.2 Å². The standard InChI is InChI=1S/C22H21N3O3Si/c1-29(2,3)18-11-9-15(10-12-18)16-6-4-7-17(14-16)20(26)23-22-25-24-21(28-22)19-8-5-13-27-19/h4-14H,1-3H3,(H,23,25,26). The zero-order valence-corrected chi connectivity index (χ0v) is 17.5. The van der Waals surface area contributed by atoms with Gasteiger partial charge in [-0.25, -0.2) is 0 Å². The van der Waals surface area contributed by atoms with Gasteiger partial charge in [-0.2, -0.15) is 0 Å². The minimum Gasteiger partial charge on any atom is -0.459 e. The van der Waals surface area contributed by atoms with E-state index in [2.05, 4.69) is 59.4 Å². The van der Waals surface area contributed by atoms with Crippen LogP contribution in [0.25, 0.3) is 22.8 Å². The molecular weight excluding hydrogens is 382 g/mol. The molecule has 0 saturated heterocycles. The Morgan fingerprint density at radius 2 is 1.72 bits per heavy atom. The zero-order chi connectivity index (χ0) is 20.4. The molecule has 2 aromatic heterocycles. The van der Waals surface area contributed by atoms with Gasteiger partial charge in [0.2, 0.25) is 0 Å². The van der Waals surface area contributed by atoms with Crippen molar-refractivity contribution in [3.05, 3.63) is 72.5 Å². The maximum atomic E-state index is 12.6. The third kappa shape index (κ3) is 4.19. The van der Waals surface area contributed by atoms with Gasteiger partial charge in [-0.05, 0) is 35.4 Å². The van der Waals surface area contributed by atoms with Crippen molar-refractivity contribution < 1.29 is 13.6 Å². The van der Waals surface area contributed by atoms with Crippen LogP contribution in [-0.4, -0.2) is 24.2 Å². The molecule has 4 aromatic rings. The molecule has 0 saturated carbocycles. The monoisotopic (exact) mass is 403 g/mol. The molecule has 0 aliphatic heterocycles. The highest BCUT2D eigenvalue weighted by Gasteiger charge is 2.17. The van der Waals surface area contributed by atoms with Crippen molar-refractivity contribution >= 4 is 25.2 Å². The Balaban J connectivity index is 1.52. The van der Waals surface area contributed by atoms with Crippen molar-refractivity contribution in [2.24, 2.45) is 0 Å². The second-order valence-corrected chi connectivity index (χ2v) is 12.8. The van der Waals surface area contributed by atoms with Gasteiger partial charge < -0.3 is 8.83 Å². The lowest BCUT2D eigenvalue weighted by molar-refractivity contribution is 0.102. The van der Waals surface area contributed by atoms with E-state index in [-0.39, 0.29) is 17.8 Å². The number of hydrogen-bond donors (Lipinski definition) is 1. The highest BCUT2D eigenvalue weighted by atomic mass is 28.3. The topological polar surface area (TPSA) is 81.2 Å². The zero-order valence-electron chi connectivity index (χ0n) is 16.5. The molecule has 0 radical (unpaired) electrons. The average Bonchev–Trinajstić information content (AvgIpc) is 3.39. The van der Waals surface area contributed by atoms with E-state index in [4.69, 9.17) is 8.83 Å². The van der Waals surface area contributed by atoms with Gasteiger partial charge in [-0.3, -0.25) is 10.1 Å². The molecule has 1 amide bonds. The minimum atomic E-state index is -1.34. The number of carbonyl (C=O) groups is 1. The number of hydrogen-bond acceptors (Lipinski definition) is 5. The quantitative estimate of drug-likeness (QED) is 0.484. The SMILES string of the molecule is C[Si](C)(C)c1ccc(-c2cccc(C(=O)Nc3nnc(-c4ccco4)o3)c2)cc1. The van der Waals surface area contributed by atoms with Gasteiger partial charge in [0.25, 0.3) is 11.8 Å². The highest BCUT2D eigenvalue weighted by molar-refractivity contribution is 6.88. The maximum Gasteiger partial charge on any atom is 0.322 e. The molecule has 0 spiro atoms. The first-order valence-electron chi connectivity index (χ1n) is 9.30. The van der Waals surface area contributed by atoms with Crippen LogP contribution < -0.4 is 10.5 Å². The largest absolute Gasteiger partial charge is 0.459 e. The van der Waals surface area contributed by atoms with Crippen molar-refractivity contribution in [3.8, 4) is 22.8 Å². The van der Waals surface area contributed by atoms with Crippen LogP contribution in [0.3, 0.4) is 0 Å². The summed E-state index contributed by atoms with van der Waals surface area (Å²) in [6.45, 7) is 6.96. The van der Waals surface area contributed by atoms with Crippen molar-refractivity contribution in [1.29, 1.82) is 0 Å². The van der Waals surface area contributed by atoms with Gasteiger partial charge in [0.1, 0.15) is 0 Å². The van der Waals surface area contributed by atoms with E-state index < -0.39 is 8.07 Å². The van der Waals surface area contributed by atoms with Crippen molar-refractivity contribution in [2.45, 2.75) is 19.6 Å². The van der Waals surface area contributed by atoms with Gasteiger partial charge in [0.15, 0.2) is 5.76 Å². The predicted molar refractivity (Wildman–Crippen MR) is 115 cm³/mol. The molecule has 0 unspecified atom stereocenters. The lowest BCUT2D eigenvalue weighted by Gasteiger charge is -2.16. The number of carbonyl (C=O) groups excluding carboxylic acids is 1. The van der Waals surface area contributed by atoms with Gasteiger partial charge in [0.05, 0.1) is 14.3 Å². The van der Waals surface area contributed by atoms with E-state index in [1.165, 1.54) is 11.4 Å². The molecular formula is C22H21N3O3Si. The molecule has 0 aliphatic carbocycles. The normalized spacial score (nSPS) is 11.4. The highest BCUT2D eigenvalue weighted by Crippen LogP contribution is 2.22. The van der Waals surface area contributed by atoms with Gasteiger partial charge in [0, 0.05) is 5.56 Å². The summed E-state index contributed by atoms with van der Waals surface area (Å²) in [7, 11) is -1.34. The maximum absolute atomic E-state index is 12.6. The van der Waals surface area contributed by atoms with E-state index >= 15 is 0 Å². The van der Waals surface area contributed by atoms with Gasteiger partial charge in [-0.1, -0.05) is 66.3 Å². The Kier molecular flexibility index (Phi) is 4.90. The fourth-order valence-electron chi connectivity index (χ4n) is 2.95. The molecule has 146 valence electrons. The van der Waals surface area contributed by atoms with Crippen LogP contribution >= 0.6 is 0 Å². The van der Waals surface area contributed by atoms with E-state index in [0.29, 0.717) is 11.3 Å². The molecule has 1 N–H and O–H groups in total. The van der Waals surface area contributed by atoms with Crippen LogP contribution in [0.15, 0.2) is 75.8 Å². The summed E-state index contributed by atoms with van der Waals surface area (Å²) in [5.41, 5.74) is 2.55. The molecule has 0 atom stereocenters. The van der Waals surface area contributed by atoms with Crippen molar-refractivity contribution in [1.82, 2.24) is 10.2 Å². The fraction of sp³-hybridized carbons (Fsp3) is 0.136. The third-order valence-electron chi connectivity index (χ3n) is 4.59. The fourth-order valence-corrected chi connectivity index (χ4v) is 4.11. The molecule has 6 nitrogen and oxygen atoms in total. The molecule has 0 aliphatic rings. The van der Waals surface area contributed by atoms with Crippen LogP contribution in [0.5, 0.6) is 0 Å². The molecule has 0 fully saturated rings. The molecule has 0 bridgehead atoms. The second kappa shape index (κ2) is 7.52. The van der Waals surface area contributed by atoms with Crippen LogP contribution in [0.4, 0.5) is 6.01 Å². The number of anilines is 1. The number of nitrogens with zero attached hydrogens (tertiary/aromatic N) is 2. The molecule has 2 aromatic carbocycles. The molecule has 4 rings (SSSR count). The molecule has 2 heterocycles. The van der Waals surface area contributed by atoms with E-state index in [1.54, 1.807) is 18.2 Å². The van der Waals surface area contributed by atoms with E-state index in [0.717, 1.165) is 11.1 Å². The number of aromatic nitrogens is 2. The Labute approximate surface area is 169 Å². The number of rotatable bonds is 5.